The van der Waals surface area contributed by atoms with Crippen molar-refractivity contribution in [3.8, 4) is 5.75 Å². The summed E-state index contributed by atoms with van der Waals surface area (Å²) in [7, 11) is 0. The van der Waals surface area contributed by atoms with E-state index in [0.29, 0.717) is 35.4 Å². The first kappa shape index (κ1) is 26.3. The molecule has 0 aliphatic heterocycles. The maximum absolute atomic E-state index is 12.3. The summed E-state index contributed by atoms with van der Waals surface area (Å²) >= 11 is 0. The summed E-state index contributed by atoms with van der Waals surface area (Å²) in [6.07, 6.45) is 1.11. The fraction of sp³-hybridized carbons (Fsp3) is 0.522. The first-order valence-electron chi connectivity index (χ1n) is 10.4. The molecule has 1 rings (SSSR count). The fourth-order valence-corrected chi connectivity index (χ4v) is 2.93. The number of ether oxygens (including phenoxy) is 3. The number of nitrogens with zero attached hydrogens (tertiary/aromatic N) is 1. The average molecular weight is 437 g/mol. The zero-order valence-corrected chi connectivity index (χ0v) is 18.9. The van der Waals surface area contributed by atoms with Gasteiger partial charge in [0.05, 0.1) is 13.1 Å². The van der Waals surface area contributed by atoms with Crippen molar-refractivity contribution < 1.29 is 38.2 Å². The summed E-state index contributed by atoms with van der Waals surface area (Å²) in [6, 6.07) is 6.41. The number of likely N-dealkylation sites (N-methyl/N-ethyl adjacent to an activating group) is 1. The zero-order chi connectivity index (χ0) is 23.5. The second-order valence-corrected chi connectivity index (χ2v) is 7.71. The van der Waals surface area contributed by atoms with Crippen molar-refractivity contribution in [2.75, 3.05) is 46.0 Å². The van der Waals surface area contributed by atoms with E-state index < -0.39 is 11.6 Å². The quantitative estimate of drug-likeness (QED) is 0.157. The van der Waals surface area contributed by atoms with Crippen molar-refractivity contribution in [3.63, 3.8) is 0 Å². The van der Waals surface area contributed by atoms with Crippen LogP contribution in [-0.2, 0) is 19.1 Å². The number of Topliss-reactive ketones (excluding diaryl/α,β-unsaturated/α-hetero) is 1. The van der Waals surface area contributed by atoms with Crippen LogP contribution in [-0.4, -0.2) is 78.9 Å². The van der Waals surface area contributed by atoms with Crippen LogP contribution >= 0.6 is 0 Å². The lowest BCUT2D eigenvalue weighted by molar-refractivity contribution is -0.918. The Bertz CT molecular complexity index is 746. The minimum atomic E-state index is -1.44. The van der Waals surface area contributed by atoms with Gasteiger partial charge < -0.3 is 23.8 Å². The van der Waals surface area contributed by atoms with Gasteiger partial charge in [0.1, 0.15) is 37.7 Å². The van der Waals surface area contributed by atoms with Gasteiger partial charge in [0.25, 0.3) is 0 Å². The summed E-state index contributed by atoms with van der Waals surface area (Å²) in [5, 5.41) is 9.78. The Kier molecular flexibility index (Phi) is 10.4. The van der Waals surface area contributed by atoms with Gasteiger partial charge in [-0.3, -0.25) is 4.79 Å². The van der Waals surface area contributed by atoms with E-state index >= 15 is 0 Å². The van der Waals surface area contributed by atoms with Gasteiger partial charge in [0, 0.05) is 11.6 Å². The smallest absolute Gasteiger partial charge is 0.361 e. The summed E-state index contributed by atoms with van der Waals surface area (Å²) in [6.45, 7) is 12.7. The monoisotopic (exact) mass is 436 g/mol. The van der Waals surface area contributed by atoms with Crippen molar-refractivity contribution in [2.45, 2.75) is 33.3 Å². The topological polar surface area (TPSA) is 99.1 Å². The molecule has 1 aromatic carbocycles. The number of rotatable bonds is 14. The van der Waals surface area contributed by atoms with E-state index in [2.05, 4.69) is 6.58 Å². The highest BCUT2D eigenvalue weighted by Crippen LogP contribution is 2.17. The van der Waals surface area contributed by atoms with Crippen LogP contribution < -0.4 is 4.74 Å². The van der Waals surface area contributed by atoms with E-state index in [1.807, 2.05) is 13.8 Å². The van der Waals surface area contributed by atoms with E-state index in [1.165, 1.54) is 13.8 Å². The Morgan fingerprint density at radius 3 is 2.16 bits per heavy atom. The van der Waals surface area contributed by atoms with Gasteiger partial charge in [-0.15, -0.1) is 0 Å². The third-order valence-electron chi connectivity index (χ3n) is 5.07. The third-order valence-corrected chi connectivity index (χ3v) is 5.07. The minimum absolute atomic E-state index is 0.0854. The molecule has 8 nitrogen and oxygen atoms in total. The van der Waals surface area contributed by atoms with Crippen LogP contribution in [0.4, 0.5) is 0 Å². The lowest BCUT2D eigenvalue weighted by atomic mass is 9.97. The molecule has 0 aliphatic carbocycles. The Hall–Kier alpha value is -2.71. The number of benzene rings is 1. The molecule has 0 radical (unpaired) electrons. The van der Waals surface area contributed by atoms with E-state index in [1.54, 1.807) is 24.3 Å². The number of carbonyl (C=O) groups is 3. The number of esters is 2. The molecule has 0 bridgehead atoms. The SMILES string of the molecule is C=CC(=O)OCC[N+](CC)(CC)CC(=O)OCCOc1ccc(C(=O)C(C)(C)O)cc1. The van der Waals surface area contributed by atoms with Crippen LogP contribution in [0.15, 0.2) is 36.9 Å². The van der Waals surface area contributed by atoms with Gasteiger partial charge >= 0.3 is 11.9 Å². The highest BCUT2D eigenvalue weighted by Gasteiger charge is 2.28. The van der Waals surface area contributed by atoms with Crippen LogP contribution in [0.25, 0.3) is 0 Å². The van der Waals surface area contributed by atoms with Crippen LogP contribution in [0.3, 0.4) is 0 Å². The molecule has 1 aromatic rings. The van der Waals surface area contributed by atoms with E-state index in [9.17, 15) is 19.5 Å². The number of quaternary nitrogens is 1. The Morgan fingerprint density at radius 1 is 1.03 bits per heavy atom. The third kappa shape index (κ3) is 8.90. The molecule has 0 spiro atoms. The summed E-state index contributed by atoms with van der Waals surface area (Å²) < 4.78 is 16.3. The predicted octanol–water partition coefficient (Wildman–Crippen LogP) is 2.15. The Morgan fingerprint density at radius 2 is 1.65 bits per heavy atom. The van der Waals surface area contributed by atoms with E-state index in [4.69, 9.17) is 14.2 Å². The molecular formula is C23H34NO7+. The number of ketones is 1. The normalized spacial score (nSPS) is 11.5. The van der Waals surface area contributed by atoms with Gasteiger partial charge in [0.2, 0.25) is 0 Å². The van der Waals surface area contributed by atoms with E-state index in [-0.39, 0.29) is 38.1 Å². The molecule has 0 fully saturated rings. The molecule has 0 unspecified atom stereocenters. The molecule has 31 heavy (non-hydrogen) atoms. The molecule has 172 valence electrons. The Balaban J connectivity index is 2.45. The molecule has 0 saturated heterocycles. The van der Waals surface area contributed by atoms with Gasteiger partial charge in [-0.2, -0.15) is 0 Å². The maximum Gasteiger partial charge on any atom is 0.361 e. The molecule has 0 heterocycles. The zero-order valence-electron chi connectivity index (χ0n) is 18.9. The molecule has 0 saturated carbocycles. The lowest BCUT2D eigenvalue weighted by Crippen LogP contribution is -2.53. The van der Waals surface area contributed by atoms with Crippen molar-refractivity contribution in [1.29, 1.82) is 0 Å². The van der Waals surface area contributed by atoms with Gasteiger partial charge in [-0.05, 0) is 52.0 Å². The summed E-state index contributed by atoms with van der Waals surface area (Å²) in [5.74, 6) is -0.684. The minimum Gasteiger partial charge on any atom is -0.490 e. The number of hydrogen-bond acceptors (Lipinski definition) is 7. The number of aliphatic hydroxyl groups is 1. The predicted molar refractivity (Wildman–Crippen MR) is 116 cm³/mol. The molecule has 0 atom stereocenters. The fourth-order valence-electron chi connectivity index (χ4n) is 2.93. The Labute approximate surface area is 184 Å². The second kappa shape index (κ2) is 12.2. The molecule has 0 aliphatic rings. The summed E-state index contributed by atoms with van der Waals surface area (Å²) in [4.78, 5) is 35.5. The molecule has 0 aromatic heterocycles. The van der Waals surface area contributed by atoms with Crippen LogP contribution in [0.2, 0.25) is 0 Å². The van der Waals surface area contributed by atoms with Crippen molar-refractivity contribution in [2.24, 2.45) is 0 Å². The summed E-state index contributed by atoms with van der Waals surface area (Å²) in [5.41, 5.74) is -1.05. The van der Waals surface area contributed by atoms with Crippen LogP contribution in [0, 0.1) is 0 Å². The number of carbonyl (C=O) groups excluding carboxylic acids is 3. The standard InChI is InChI=1S/C23H34NO7/c1-6-20(25)30-14-13-24(7-2,8-3)17-21(26)31-16-15-29-19-11-9-18(10-12-19)22(27)23(4,5)28/h6,9-12,28H,1,7-8,13-17H2,2-5H3/q+1. The van der Waals surface area contributed by atoms with Gasteiger partial charge in [-0.25, -0.2) is 9.59 Å². The molecule has 8 heteroatoms. The van der Waals surface area contributed by atoms with Gasteiger partial charge in [-0.1, -0.05) is 6.58 Å². The molecular weight excluding hydrogens is 402 g/mol. The largest absolute Gasteiger partial charge is 0.490 e. The van der Waals surface area contributed by atoms with Crippen LogP contribution in [0.5, 0.6) is 5.75 Å². The first-order chi connectivity index (χ1) is 14.6. The maximum atomic E-state index is 12.3. The highest BCUT2D eigenvalue weighted by atomic mass is 16.6. The van der Waals surface area contributed by atoms with Crippen molar-refractivity contribution in [1.82, 2.24) is 0 Å². The molecule has 1 N–H and O–H groups in total. The van der Waals surface area contributed by atoms with Crippen molar-refractivity contribution in [3.05, 3.63) is 42.5 Å². The first-order valence-corrected chi connectivity index (χ1v) is 10.4. The van der Waals surface area contributed by atoms with Crippen LogP contribution in [0.1, 0.15) is 38.1 Å². The number of hydrogen-bond donors (Lipinski definition) is 1. The van der Waals surface area contributed by atoms with Gasteiger partial charge in [0.15, 0.2) is 12.3 Å². The van der Waals surface area contributed by atoms with Crippen molar-refractivity contribution >= 4 is 17.7 Å². The second-order valence-electron chi connectivity index (χ2n) is 7.71. The van der Waals surface area contributed by atoms with E-state index in [0.717, 1.165) is 6.08 Å². The average Bonchev–Trinajstić information content (AvgIpc) is 2.75. The highest BCUT2D eigenvalue weighted by molar-refractivity contribution is 6.01. The molecule has 0 amide bonds. The lowest BCUT2D eigenvalue weighted by Gasteiger charge is -2.35.